The Morgan fingerprint density at radius 1 is 1.31 bits per heavy atom. The summed E-state index contributed by atoms with van der Waals surface area (Å²) in [6, 6.07) is 8.15. The van der Waals surface area contributed by atoms with Crippen LogP contribution in [0.5, 0.6) is 0 Å². The number of hydrogen-bond donors (Lipinski definition) is 0. The van der Waals surface area contributed by atoms with E-state index in [0.29, 0.717) is 12.5 Å². The van der Waals surface area contributed by atoms with E-state index in [1.54, 1.807) is 0 Å². The number of halogens is 2. The Kier molecular flexibility index (Phi) is 7.10. The highest BCUT2D eigenvalue weighted by atomic mass is 79.9. The molecule has 0 N–H and O–H groups in total. The predicted octanol–water partition coefficient (Wildman–Crippen LogP) is 4.62. The van der Waals surface area contributed by atoms with Crippen LogP contribution in [0.1, 0.15) is 25.3 Å². The van der Waals surface area contributed by atoms with Crippen molar-refractivity contribution in [2.24, 2.45) is 5.92 Å². The van der Waals surface area contributed by atoms with Crippen LogP contribution in [-0.2, 0) is 11.3 Å². The lowest BCUT2D eigenvalue weighted by atomic mass is 10.1. The summed E-state index contributed by atoms with van der Waals surface area (Å²) in [6.45, 7) is 3.69. The molecular weight excluding hydrogens is 287 g/mol. The average molecular weight is 306 g/mol. The molecule has 1 nitrogen and oxygen atoms in total. The first kappa shape index (κ1) is 14.0. The molecule has 1 unspecified atom stereocenters. The second-order valence-corrected chi connectivity index (χ2v) is 5.25. The lowest BCUT2D eigenvalue weighted by Gasteiger charge is -2.10. The van der Waals surface area contributed by atoms with Gasteiger partial charge in [0.1, 0.15) is 0 Å². The highest BCUT2D eigenvalue weighted by Crippen LogP contribution is 2.17. The lowest BCUT2D eigenvalue weighted by molar-refractivity contribution is 0.108. The van der Waals surface area contributed by atoms with E-state index in [1.165, 1.54) is 5.56 Å². The molecule has 1 aromatic carbocycles. The SMILES string of the molecule is CC(CCCl)CCOCc1ccccc1Br. The highest BCUT2D eigenvalue weighted by molar-refractivity contribution is 9.10. The van der Waals surface area contributed by atoms with E-state index < -0.39 is 0 Å². The van der Waals surface area contributed by atoms with Crippen molar-refractivity contribution in [2.75, 3.05) is 12.5 Å². The van der Waals surface area contributed by atoms with Crippen molar-refractivity contribution in [1.82, 2.24) is 0 Å². The van der Waals surface area contributed by atoms with Crippen LogP contribution in [0.25, 0.3) is 0 Å². The van der Waals surface area contributed by atoms with Crippen molar-refractivity contribution < 1.29 is 4.74 Å². The molecule has 0 amide bonds. The van der Waals surface area contributed by atoms with Gasteiger partial charge < -0.3 is 4.74 Å². The minimum absolute atomic E-state index is 0.650. The Bertz CT molecular complexity index is 304. The Morgan fingerprint density at radius 3 is 2.75 bits per heavy atom. The fraction of sp³-hybridized carbons (Fsp3) is 0.538. The highest BCUT2D eigenvalue weighted by Gasteiger charge is 2.02. The first-order valence-corrected chi connectivity index (χ1v) is 6.94. The average Bonchev–Trinajstić information content (AvgIpc) is 2.27. The second kappa shape index (κ2) is 8.10. The smallest absolute Gasteiger partial charge is 0.0727 e. The maximum atomic E-state index is 5.68. The van der Waals surface area contributed by atoms with Gasteiger partial charge in [0.05, 0.1) is 6.61 Å². The molecule has 1 aromatic rings. The molecule has 0 aliphatic carbocycles. The first-order chi connectivity index (χ1) is 7.74. The van der Waals surface area contributed by atoms with Gasteiger partial charge in [0.15, 0.2) is 0 Å². The zero-order valence-electron chi connectivity index (χ0n) is 9.59. The number of hydrogen-bond acceptors (Lipinski definition) is 1. The number of ether oxygens (including phenoxy) is 1. The molecule has 16 heavy (non-hydrogen) atoms. The van der Waals surface area contributed by atoms with Gasteiger partial charge in [0.2, 0.25) is 0 Å². The molecule has 0 saturated carbocycles. The molecule has 0 fully saturated rings. The van der Waals surface area contributed by atoms with Crippen molar-refractivity contribution in [3.63, 3.8) is 0 Å². The fourth-order valence-electron chi connectivity index (χ4n) is 1.41. The monoisotopic (exact) mass is 304 g/mol. The molecule has 0 radical (unpaired) electrons. The molecule has 0 aromatic heterocycles. The topological polar surface area (TPSA) is 9.23 Å². The summed E-state index contributed by atoms with van der Waals surface area (Å²) in [4.78, 5) is 0. The lowest BCUT2D eigenvalue weighted by Crippen LogP contribution is -2.03. The van der Waals surface area contributed by atoms with Crippen LogP contribution in [0.4, 0.5) is 0 Å². The van der Waals surface area contributed by atoms with Crippen LogP contribution < -0.4 is 0 Å². The third kappa shape index (κ3) is 5.33. The molecule has 0 bridgehead atoms. The van der Waals surface area contributed by atoms with Crippen LogP contribution in [0.2, 0.25) is 0 Å². The third-order valence-electron chi connectivity index (χ3n) is 2.57. The molecule has 0 aliphatic heterocycles. The molecule has 0 aliphatic rings. The van der Waals surface area contributed by atoms with Crippen LogP contribution in [0.15, 0.2) is 28.7 Å². The largest absolute Gasteiger partial charge is 0.377 e. The number of rotatable bonds is 7. The number of benzene rings is 1. The Morgan fingerprint density at radius 2 is 2.06 bits per heavy atom. The Hall–Kier alpha value is -0.0500. The van der Waals surface area contributed by atoms with Crippen LogP contribution in [-0.4, -0.2) is 12.5 Å². The third-order valence-corrected chi connectivity index (χ3v) is 3.56. The van der Waals surface area contributed by atoms with Gasteiger partial charge in [-0.25, -0.2) is 0 Å². The summed E-state index contributed by atoms with van der Waals surface area (Å²) in [5.41, 5.74) is 1.20. The van der Waals surface area contributed by atoms with Crippen molar-refractivity contribution in [2.45, 2.75) is 26.4 Å². The van der Waals surface area contributed by atoms with E-state index in [4.69, 9.17) is 16.3 Å². The first-order valence-electron chi connectivity index (χ1n) is 5.61. The maximum Gasteiger partial charge on any atom is 0.0727 e. The van der Waals surface area contributed by atoms with Gasteiger partial charge >= 0.3 is 0 Å². The normalized spacial score (nSPS) is 12.7. The van der Waals surface area contributed by atoms with Crippen molar-refractivity contribution in [3.8, 4) is 0 Å². The Labute approximate surface area is 111 Å². The summed E-state index contributed by atoms with van der Waals surface area (Å²) < 4.78 is 6.76. The quantitative estimate of drug-likeness (QED) is 0.527. The number of alkyl halides is 1. The van der Waals surface area contributed by atoms with Gasteiger partial charge in [-0.1, -0.05) is 41.1 Å². The van der Waals surface area contributed by atoms with Gasteiger partial charge in [-0.15, -0.1) is 11.6 Å². The van der Waals surface area contributed by atoms with Gasteiger partial charge in [-0.2, -0.15) is 0 Å². The summed E-state index contributed by atoms with van der Waals surface area (Å²) in [7, 11) is 0. The van der Waals surface area contributed by atoms with E-state index >= 15 is 0 Å². The summed E-state index contributed by atoms with van der Waals surface area (Å²) in [5.74, 6) is 1.39. The van der Waals surface area contributed by atoms with Gasteiger partial charge in [0.25, 0.3) is 0 Å². The summed E-state index contributed by atoms with van der Waals surface area (Å²) in [6.07, 6.45) is 2.15. The van der Waals surface area contributed by atoms with Gasteiger partial charge in [-0.3, -0.25) is 0 Å². The minimum Gasteiger partial charge on any atom is -0.377 e. The van der Waals surface area contributed by atoms with E-state index in [2.05, 4.69) is 28.9 Å². The molecule has 1 rings (SSSR count). The van der Waals surface area contributed by atoms with Crippen molar-refractivity contribution >= 4 is 27.5 Å². The maximum absolute atomic E-state index is 5.68. The standard InChI is InChI=1S/C13H18BrClO/c1-11(6-8-15)7-9-16-10-12-4-2-3-5-13(12)14/h2-5,11H,6-10H2,1H3. The van der Waals surface area contributed by atoms with E-state index in [-0.39, 0.29) is 0 Å². The second-order valence-electron chi connectivity index (χ2n) is 4.02. The summed E-state index contributed by atoms with van der Waals surface area (Å²) >= 11 is 9.18. The summed E-state index contributed by atoms with van der Waals surface area (Å²) in [5, 5.41) is 0. The molecule has 0 saturated heterocycles. The van der Waals surface area contributed by atoms with Crippen molar-refractivity contribution in [1.29, 1.82) is 0 Å². The van der Waals surface area contributed by atoms with Gasteiger partial charge in [-0.05, 0) is 30.4 Å². The zero-order chi connectivity index (χ0) is 11.8. The van der Waals surface area contributed by atoms with Crippen LogP contribution >= 0.6 is 27.5 Å². The molecule has 0 spiro atoms. The molecular formula is C13H18BrClO. The van der Waals surface area contributed by atoms with E-state index in [1.807, 2.05) is 18.2 Å². The molecule has 1 atom stereocenters. The Balaban J connectivity index is 2.19. The minimum atomic E-state index is 0.650. The fourth-order valence-corrected chi connectivity index (χ4v) is 2.18. The molecule has 0 heterocycles. The molecule has 3 heteroatoms. The molecule has 90 valence electrons. The zero-order valence-corrected chi connectivity index (χ0v) is 11.9. The predicted molar refractivity (Wildman–Crippen MR) is 72.9 cm³/mol. The van der Waals surface area contributed by atoms with Crippen LogP contribution in [0.3, 0.4) is 0 Å². The van der Waals surface area contributed by atoms with Crippen LogP contribution in [0, 0.1) is 5.92 Å². The van der Waals surface area contributed by atoms with Gasteiger partial charge in [0, 0.05) is 17.0 Å². The van der Waals surface area contributed by atoms with Crippen molar-refractivity contribution in [3.05, 3.63) is 34.3 Å². The van der Waals surface area contributed by atoms with E-state index in [9.17, 15) is 0 Å². The van der Waals surface area contributed by atoms with E-state index in [0.717, 1.165) is 29.8 Å².